The van der Waals surface area contributed by atoms with Crippen LogP contribution < -0.4 is 10.5 Å². The first-order valence-electron chi connectivity index (χ1n) is 7.40. The fourth-order valence-electron chi connectivity index (χ4n) is 2.60. The summed E-state index contributed by atoms with van der Waals surface area (Å²) in [4.78, 5) is 25.9. The molecule has 6 heteroatoms. The molecular formula is C16H22N2O4. The highest BCUT2D eigenvalue weighted by atomic mass is 16.5. The number of amides is 1. The van der Waals surface area contributed by atoms with Crippen molar-refractivity contribution in [2.45, 2.75) is 18.9 Å². The van der Waals surface area contributed by atoms with Gasteiger partial charge in [0.1, 0.15) is 5.75 Å². The molecule has 1 aromatic carbocycles. The van der Waals surface area contributed by atoms with Crippen LogP contribution in [-0.2, 0) is 9.53 Å². The number of methoxy groups -OCH3 is 1. The first-order valence-corrected chi connectivity index (χ1v) is 7.40. The number of hydrogen-bond donors (Lipinski definition) is 1. The number of nitrogens with two attached hydrogens (primary N) is 1. The van der Waals surface area contributed by atoms with Crippen LogP contribution in [0.3, 0.4) is 0 Å². The summed E-state index contributed by atoms with van der Waals surface area (Å²) < 4.78 is 10.4. The molecule has 1 unspecified atom stereocenters. The number of rotatable bonds is 7. The largest absolute Gasteiger partial charge is 0.497 e. The summed E-state index contributed by atoms with van der Waals surface area (Å²) in [6.45, 7) is 2.52. The quantitative estimate of drug-likeness (QED) is 0.755. The summed E-state index contributed by atoms with van der Waals surface area (Å²) >= 11 is 0. The number of carbonyl (C=O) groups excluding carboxylic acids is 2. The smallest absolute Gasteiger partial charge is 0.234 e. The van der Waals surface area contributed by atoms with Gasteiger partial charge in [0.15, 0.2) is 5.78 Å². The molecule has 1 aliphatic heterocycles. The van der Waals surface area contributed by atoms with Crippen LogP contribution in [0.5, 0.6) is 5.75 Å². The van der Waals surface area contributed by atoms with Gasteiger partial charge in [0.25, 0.3) is 0 Å². The molecule has 1 atom stereocenters. The third kappa shape index (κ3) is 4.29. The highest BCUT2D eigenvalue weighted by Crippen LogP contribution is 2.17. The lowest BCUT2D eigenvalue weighted by Gasteiger charge is -2.32. The Morgan fingerprint density at radius 3 is 2.73 bits per heavy atom. The summed E-state index contributed by atoms with van der Waals surface area (Å²) in [6, 6.07) is 6.60. The second-order valence-corrected chi connectivity index (χ2v) is 5.26. The maximum Gasteiger partial charge on any atom is 0.234 e. The summed E-state index contributed by atoms with van der Waals surface area (Å²) in [5.41, 5.74) is 6.07. The fourth-order valence-corrected chi connectivity index (χ4v) is 2.60. The minimum Gasteiger partial charge on any atom is -0.497 e. The third-order valence-corrected chi connectivity index (χ3v) is 3.85. The van der Waals surface area contributed by atoms with Crippen molar-refractivity contribution < 1.29 is 19.1 Å². The van der Waals surface area contributed by atoms with Crippen molar-refractivity contribution in [1.29, 1.82) is 0 Å². The van der Waals surface area contributed by atoms with Crippen LogP contribution in [-0.4, -0.2) is 56.0 Å². The van der Waals surface area contributed by atoms with Gasteiger partial charge in [0, 0.05) is 25.1 Å². The van der Waals surface area contributed by atoms with Gasteiger partial charge in [-0.25, -0.2) is 0 Å². The molecule has 1 saturated heterocycles. The van der Waals surface area contributed by atoms with Crippen LogP contribution in [0.25, 0.3) is 0 Å². The van der Waals surface area contributed by atoms with Crippen molar-refractivity contribution in [1.82, 2.24) is 4.90 Å². The minimum atomic E-state index is -0.418. The highest BCUT2D eigenvalue weighted by Gasteiger charge is 2.26. The molecule has 120 valence electrons. The molecule has 1 fully saturated rings. The Balaban J connectivity index is 1.96. The number of hydrogen-bond acceptors (Lipinski definition) is 5. The Labute approximate surface area is 130 Å². The lowest BCUT2D eigenvalue weighted by molar-refractivity contribution is -0.125. The third-order valence-electron chi connectivity index (χ3n) is 3.85. The molecule has 2 rings (SSSR count). The zero-order valence-electron chi connectivity index (χ0n) is 12.8. The zero-order chi connectivity index (χ0) is 15.9. The molecule has 22 heavy (non-hydrogen) atoms. The summed E-state index contributed by atoms with van der Waals surface area (Å²) in [6.07, 6.45) is 0.698. The number of Topliss-reactive ketones (excluding diaryl/α,β-unsaturated/α-hetero) is 1. The van der Waals surface area contributed by atoms with E-state index in [-0.39, 0.29) is 18.1 Å². The predicted molar refractivity (Wildman–Crippen MR) is 81.9 cm³/mol. The van der Waals surface area contributed by atoms with Crippen molar-refractivity contribution in [3.8, 4) is 5.75 Å². The van der Waals surface area contributed by atoms with Crippen molar-refractivity contribution in [3.05, 3.63) is 29.8 Å². The van der Waals surface area contributed by atoms with Crippen LogP contribution in [0.15, 0.2) is 24.3 Å². The number of nitrogens with zero attached hydrogens (tertiary/aromatic N) is 1. The first kappa shape index (κ1) is 16.5. The van der Waals surface area contributed by atoms with Gasteiger partial charge >= 0.3 is 0 Å². The van der Waals surface area contributed by atoms with E-state index in [0.29, 0.717) is 44.0 Å². The molecule has 1 heterocycles. The van der Waals surface area contributed by atoms with E-state index in [9.17, 15) is 9.59 Å². The molecule has 0 radical (unpaired) electrons. The van der Waals surface area contributed by atoms with Gasteiger partial charge in [-0.2, -0.15) is 0 Å². The molecule has 0 spiro atoms. The Bertz CT molecular complexity index is 527. The van der Waals surface area contributed by atoms with Gasteiger partial charge in [-0.15, -0.1) is 0 Å². The molecule has 0 aliphatic carbocycles. The van der Waals surface area contributed by atoms with E-state index < -0.39 is 6.04 Å². The Kier molecular flexibility index (Phi) is 5.91. The number of morpholine rings is 1. The monoisotopic (exact) mass is 306 g/mol. The van der Waals surface area contributed by atoms with Crippen LogP contribution in [0.2, 0.25) is 0 Å². The lowest BCUT2D eigenvalue weighted by atomic mass is 10.0. The van der Waals surface area contributed by atoms with Crippen molar-refractivity contribution in [2.24, 2.45) is 5.73 Å². The normalized spacial score (nSPS) is 17.0. The molecule has 1 amide bonds. The van der Waals surface area contributed by atoms with Crippen LogP contribution in [0, 0.1) is 0 Å². The van der Waals surface area contributed by atoms with Gasteiger partial charge in [0.05, 0.1) is 26.4 Å². The van der Waals surface area contributed by atoms with Gasteiger partial charge in [0.2, 0.25) is 5.91 Å². The zero-order valence-corrected chi connectivity index (χ0v) is 12.8. The van der Waals surface area contributed by atoms with E-state index >= 15 is 0 Å². The number of ketones is 1. The minimum absolute atomic E-state index is 0.0154. The molecule has 0 saturated carbocycles. The van der Waals surface area contributed by atoms with Crippen LogP contribution >= 0.6 is 0 Å². The second kappa shape index (κ2) is 7.91. The van der Waals surface area contributed by atoms with Gasteiger partial charge < -0.3 is 15.2 Å². The number of carbonyl (C=O) groups is 2. The second-order valence-electron chi connectivity index (χ2n) is 5.26. The molecular weight excluding hydrogens is 284 g/mol. The molecule has 6 nitrogen and oxygen atoms in total. The SMILES string of the molecule is COc1cccc(C(=O)CCC(C(N)=O)N2CCOCC2)c1. The predicted octanol–water partition coefficient (Wildman–Crippen LogP) is 0.844. The standard InChI is InChI=1S/C16H22N2O4/c1-21-13-4-2-3-12(11-13)15(19)6-5-14(16(17)20)18-7-9-22-10-8-18/h2-4,11,14H,5-10H2,1H3,(H2,17,20). The maximum atomic E-state index is 12.3. The van der Waals surface area contributed by atoms with Crippen molar-refractivity contribution in [2.75, 3.05) is 33.4 Å². The molecule has 0 bridgehead atoms. The van der Waals surface area contributed by atoms with E-state index in [0.717, 1.165) is 0 Å². The maximum absolute atomic E-state index is 12.3. The summed E-state index contributed by atoms with van der Waals surface area (Å²) in [5, 5.41) is 0. The lowest BCUT2D eigenvalue weighted by Crippen LogP contribution is -2.49. The summed E-state index contributed by atoms with van der Waals surface area (Å²) in [5.74, 6) is 0.240. The highest BCUT2D eigenvalue weighted by molar-refractivity contribution is 5.96. The van der Waals surface area contributed by atoms with Crippen molar-refractivity contribution in [3.63, 3.8) is 0 Å². The van der Waals surface area contributed by atoms with E-state index in [1.165, 1.54) is 0 Å². The van der Waals surface area contributed by atoms with E-state index in [4.69, 9.17) is 15.2 Å². The van der Waals surface area contributed by atoms with Gasteiger partial charge in [-0.3, -0.25) is 14.5 Å². The number of primary amides is 1. The molecule has 2 N–H and O–H groups in total. The van der Waals surface area contributed by atoms with Crippen LogP contribution in [0.1, 0.15) is 23.2 Å². The average Bonchev–Trinajstić information content (AvgIpc) is 2.55. The molecule has 1 aliphatic rings. The first-order chi connectivity index (χ1) is 10.6. The van der Waals surface area contributed by atoms with Crippen LogP contribution in [0.4, 0.5) is 0 Å². The van der Waals surface area contributed by atoms with E-state index in [2.05, 4.69) is 0 Å². The number of benzene rings is 1. The molecule has 0 aromatic heterocycles. The Hall–Kier alpha value is -1.92. The Morgan fingerprint density at radius 2 is 2.09 bits per heavy atom. The fraction of sp³-hybridized carbons (Fsp3) is 0.500. The van der Waals surface area contributed by atoms with E-state index in [1.54, 1.807) is 31.4 Å². The van der Waals surface area contributed by atoms with E-state index in [1.807, 2.05) is 4.90 Å². The van der Waals surface area contributed by atoms with Gasteiger partial charge in [-0.05, 0) is 18.6 Å². The number of ether oxygens (including phenoxy) is 2. The van der Waals surface area contributed by atoms with Crippen molar-refractivity contribution >= 4 is 11.7 Å². The topological polar surface area (TPSA) is 81.9 Å². The molecule has 1 aromatic rings. The Morgan fingerprint density at radius 1 is 1.36 bits per heavy atom. The average molecular weight is 306 g/mol. The van der Waals surface area contributed by atoms with Gasteiger partial charge in [-0.1, -0.05) is 12.1 Å². The summed E-state index contributed by atoms with van der Waals surface area (Å²) in [7, 11) is 1.56.